The Morgan fingerprint density at radius 3 is 2.61 bits per heavy atom. The van der Waals surface area contributed by atoms with Crippen LogP contribution in [0.25, 0.3) is 22.6 Å². The Kier molecular flexibility index (Phi) is 7.83. The van der Waals surface area contributed by atoms with E-state index in [4.69, 9.17) is 0 Å². The number of rotatable bonds is 9. The molecule has 0 bridgehead atoms. The summed E-state index contributed by atoms with van der Waals surface area (Å²) in [7, 11) is 0. The highest BCUT2D eigenvalue weighted by Crippen LogP contribution is 2.23. The molecule has 4 heterocycles. The third-order valence-corrected chi connectivity index (χ3v) is 6.63. The van der Waals surface area contributed by atoms with Gasteiger partial charge in [-0.25, -0.2) is 9.37 Å². The van der Waals surface area contributed by atoms with Gasteiger partial charge in [-0.2, -0.15) is 5.10 Å². The van der Waals surface area contributed by atoms with E-state index in [2.05, 4.69) is 25.6 Å². The molecule has 1 amide bonds. The lowest BCUT2D eigenvalue weighted by Crippen LogP contribution is -2.30. The molecule has 2 N–H and O–H groups in total. The van der Waals surface area contributed by atoms with Crippen LogP contribution in [0.4, 0.5) is 10.2 Å². The van der Waals surface area contributed by atoms with Gasteiger partial charge < -0.3 is 19.6 Å². The van der Waals surface area contributed by atoms with Crippen molar-refractivity contribution in [3.05, 3.63) is 101 Å². The second-order valence-electron chi connectivity index (χ2n) is 9.93. The van der Waals surface area contributed by atoms with Gasteiger partial charge in [0.05, 0.1) is 25.4 Å². The van der Waals surface area contributed by atoms with E-state index in [-0.39, 0.29) is 36.6 Å². The van der Waals surface area contributed by atoms with Gasteiger partial charge in [-0.15, -0.1) is 10.2 Å². The number of halogens is 1. The molecule has 5 rings (SSSR count). The van der Waals surface area contributed by atoms with Crippen molar-refractivity contribution in [2.45, 2.75) is 39.4 Å². The molecule has 1 aromatic carbocycles. The molecular weight excluding hydrogens is 527 g/mol. The van der Waals surface area contributed by atoms with Gasteiger partial charge in [0.15, 0.2) is 5.82 Å². The summed E-state index contributed by atoms with van der Waals surface area (Å²) in [6, 6.07) is 12.5. The molecule has 41 heavy (non-hydrogen) atoms. The lowest BCUT2D eigenvalue weighted by Gasteiger charge is -2.13. The Labute approximate surface area is 234 Å². The first-order chi connectivity index (χ1) is 19.7. The summed E-state index contributed by atoms with van der Waals surface area (Å²) in [5.41, 5.74) is 1.29. The fraction of sp³-hybridized carbons (Fsp3) is 0.241. The van der Waals surface area contributed by atoms with Gasteiger partial charge in [-0.05, 0) is 45.0 Å². The lowest BCUT2D eigenvalue weighted by molar-refractivity contribution is 0.102. The molecule has 12 heteroatoms. The third-order valence-electron chi connectivity index (χ3n) is 6.63. The van der Waals surface area contributed by atoms with Crippen LogP contribution >= 0.6 is 0 Å². The van der Waals surface area contributed by atoms with Crippen LogP contribution in [-0.4, -0.2) is 51.7 Å². The molecule has 0 spiro atoms. The van der Waals surface area contributed by atoms with Crippen molar-refractivity contribution < 1.29 is 14.3 Å². The summed E-state index contributed by atoms with van der Waals surface area (Å²) >= 11 is 0. The minimum Gasteiger partial charge on any atom is -0.394 e. The molecule has 1 atom stereocenters. The monoisotopic (exact) mass is 556 g/mol. The molecule has 11 nitrogen and oxygen atoms in total. The van der Waals surface area contributed by atoms with Crippen LogP contribution in [0.3, 0.4) is 0 Å². The van der Waals surface area contributed by atoms with E-state index in [9.17, 15) is 19.1 Å². The van der Waals surface area contributed by atoms with E-state index in [1.54, 1.807) is 58.0 Å². The number of benzene rings is 1. The Morgan fingerprint density at radius 2 is 1.88 bits per heavy atom. The number of carbonyl (C=O) groups is 1. The molecule has 1 unspecified atom stereocenters. The number of anilines is 1. The number of aliphatic hydroxyl groups excluding tert-OH is 1. The van der Waals surface area contributed by atoms with Crippen molar-refractivity contribution >= 4 is 11.7 Å². The van der Waals surface area contributed by atoms with Crippen LogP contribution < -0.4 is 10.9 Å². The zero-order chi connectivity index (χ0) is 29.1. The Hall–Kier alpha value is -4.97. The Bertz CT molecular complexity index is 1760. The zero-order valence-electron chi connectivity index (χ0n) is 22.8. The zero-order valence-corrected chi connectivity index (χ0v) is 22.8. The van der Waals surface area contributed by atoms with Gasteiger partial charge in [0.1, 0.15) is 29.2 Å². The highest BCUT2D eigenvalue weighted by atomic mass is 19.1. The molecular formula is C29H29FN8O3. The molecule has 0 aliphatic heterocycles. The smallest absolute Gasteiger partial charge is 0.263 e. The minimum absolute atomic E-state index is 0.0651. The number of amides is 1. The molecule has 0 fully saturated rings. The maximum absolute atomic E-state index is 14.5. The van der Waals surface area contributed by atoms with Gasteiger partial charge >= 0.3 is 0 Å². The second kappa shape index (κ2) is 11.6. The quantitative estimate of drug-likeness (QED) is 0.281. The predicted octanol–water partition coefficient (Wildman–Crippen LogP) is 3.94. The number of hydrogen-bond donors (Lipinski definition) is 2. The Morgan fingerprint density at radius 1 is 1.07 bits per heavy atom. The van der Waals surface area contributed by atoms with Crippen molar-refractivity contribution in [1.29, 1.82) is 0 Å². The summed E-state index contributed by atoms with van der Waals surface area (Å²) < 4.78 is 19.2. The molecule has 5 aromatic rings. The van der Waals surface area contributed by atoms with Crippen molar-refractivity contribution in [2.24, 2.45) is 0 Å². The number of pyridine rings is 2. The maximum Gasteiger partial charge on any atom is 0.263 e. The summed E-state index contributed by atoms with van der Waals surface area (Å²) in [6.45, 7) is 5.60. The van der Waals surface area contributed by atoms with Crippen molar-refractivity contribution in [3.63, 3.8) is 0 Å². The van der Waals surface area contributed by atoms with Gasteiger partial charge in [0, 0.05) is 35.1 Å². The molecule has 0 radical (unpaired) electrons. The maximum atomic E-state index is 14.5. The van der Waals surface area contributed by atoms with Gasteiger partial charge in [-0.1, -0.05) is 24.3 Å². The highest BCUT2D eigenvalue weighted by molar-refractivity contribution is 6.04. The molecule has 4 aromatic heterocycles. The predicted molar refractivity (Wildman–Crippen MR) is 151 cm³/mol. The second-order valence-corrected chi connectivity index (χ2v) is 9.93. The number of aliphatic hydroxyl groups is 1. The van der Waals surface area contributed by atoms with E-state index < -0.39 is 17.3 Å². The van der Waals surface area contributed by atoms with Crippen LogP contribution in [-0.2, 0) is 6.54 Å². The van der Waals surface area contributed by atoms with Crippen LogP contribution in [0, 0.1) is 5.82 Å². The van der Waals surface area contributed by atoms with Gasteiger partial charge in [-0.3, -0.25) is 14.3 Å². The van der Waals surface area contributed by atoms with Crippen molar-refractivity contribution in [1.82, 2.24) is 34.1 Å². The summed E-state index contributed by atoms with van der Waals surface area (Å²) in [5, 5.41) is 24.6. The summed E-state index contributed by atoms with van der Waals surface area (Å²) in [4.78, 5) is 31.5. The first kappa shape index (κ1) is 27.6. The first-order valence-corrected chi connectivity index (χ1v) is 13.1. The fourth-order valence-corrected chi connectivity index (χ4v) is 4.30. The van der Waals surface area contributed by atoms with E-state index in [1.807, 2.05) is 27.0 Å². The van der Waals surface area contributed by atoms with Crippen molar-refractivity contribution in [2.75, 3.05) is 11.9 Å². The van der Waals surface area contributed by atoms with E-state index in [1.165, 1.54) is 23.0 Å². The Balaban J connectivity index is 1.52. The average Bonchev–Trinajstić information content (AvgIpc) is 3.66. The SMILES string of the molecule is CC(C)n1cc(-c2cc(C(=O)Nc3cccc(-c4nncn4C(C)CO)n3)c(=O)n(Cc3ccccc3F)c2)cn1. The van der Waals surface area contributed by atoms with Crippen LogP contribution in [0.2, 0.25) is 0 Å². The number of hydrogen-bond acceptors (Lipinski definition) is 7. The summed E-state index contributed by atoms with van der Waals surface area (Å²) in [5.74, 6) is -0.520. The minimum atomic E-state index is -0.676. The average molecular weight is 557 g/mol. The van der Waals surface area contributed by atoms with Crippen LogP contribution in [0.15, 0.2) is 78.2 Å². The van der Waals surface area contributed by atoms with Crippen LogP contribution in [0.1, 0.15) is 48.8 Å². The molecule has 0 saturated carbocycles. The normalized spacial score (nSPS) is 12.0. The van der Waals surface area contributed by atoms with E-state index >= 15 is 0 Å². The molecule has 0 saturated heterocycles. The van der Waals surface area contributed by atoms with E-state index in [0.29, 0.717) is 28.2 Å². The largest absolute Gasteiger partial charge is 0.394 e. The standard InChI is InChI=1S/C29H29FN8O3/c1-18(2)38-15-22(12-32-38)21-11-23(29(41)36(14-21)13-20-7-4-5-8-24(20)30)28(40)34-26-10-6-9-25(33-26)27-35-31-17-37(27)19(3)16-39/h4-12,14-15,17-19,39H,13,16H2,1-3H3,(H,33,34,40). The van der Waals surface area contributed by atoms with Crippen molar-refractivity contribution in [3.8, 4) is 22.6 Å². The molecule has 0 aliphatic carbocycles. The fourth-order valence-electron chi connectivity index (χ4n) is 4.30. The number of aromatic nitrogens is 7. The highest BCUT2D eigenvalue weighted by Gasteiger charge is 2.19. The number of nitrogens with zero attached hydrogens (tertiary/aromatic N) is 7. The van der Waals surface area contributed by atoms with Gasteiger partial charge in [0.2, 0.25) is 0 Å². The molecule has 210 valence electrons. The third kappa shape index (κ3) is 5.82. The van der Waals surface area contributed by atoms with E-state index in [0.717, 1.165) is 0 Å². The van der Waals surface area contributed by atoms with Crippen LogP contribution in [0.5, 0.6) is 0 Å². The topological polar surface area (TPSA) is 133 Å². The first-order valence-electron chi connectivity index (χ1n) is 13.1. The molecule has 0 aliphatic rings. The number of nitrogens with one attached hydrogen (secondary N) is 1. The number of carbonyl (C=O) groups excluding carboxylic acids is 1. The lowest BCUT2D eigenvalue weighted by atomic mass is 10.1. The summed E-state index contributed by atoms with van der Waals surface area (Å²) in [6.07, 6.45) is 6.58. The van der Waals surface area contributed by atoms with Gasteiger partial charge in [0.25, 0.3) is 11.5 Å².